The highest BCUT2D eigenvalue weighted by Gasteiger charge is 2.36. The van der Waals surface area contributed by atoms with Gasteiger partial charge in [0.1, 0.15) is 0 Å². The maximum absolute atomic E-state index is 11.9. The van der Waals surface area contributed by atoms with E-state index in [1.54, 1.807) is 4.90 Å². The molecule has 1 amide bonds. The summed E-state index contributed by atoms with van der Waals surface area (Å²) < 4.78 is 0. The van der Waals surface area contributed by atoms with Crippen LogP contribution in [0, 0.1) is 0 Å². The lowest BCUT2D eigenvalue weighted by Gasteiger charge is -2.42. The van der Waals surface area contributed by atoms with E-state index in [1.165, 1.54) is 16.7 Å². The van der Waals surface area contributed by atoms with Crippen molar-refractivity contribution < 1.29 is 9.90 Å². The molecule has 2 N–H and O–H groups in total. The lowest BCUT2D eigenvalue weighted by atomic mass is 9.83. The quantitative estimate of drug-likeness (QED) is 0.781. The zero-order chi connectivity index (χ0) is 19.0. The minimum Gasteiger partial charge on any atom is -0.465 e. The molecule has 2 rings (SSSR count). The monoisotopic (exact) mass is 346 g/mol. The van der Waals surface area contributed by atoms with Crippen molar-refractivity contribution in [2.24, 2.45) is 0 Å². The minimum atomic E-state index is -0.836. The molecule has 2 atom stereocenters. The third-order valence-corrected chi connectivity index (χ3v) is 4.84. The summed E-state index contributed by atoms with van der Waals surface area (Å²) in [7, 11) is 0. The van der Waals surface area contributed by atoms with Crippen molar-refractivity contribution in [1.82, 2.24) is 10.2 Å². The molecule has 1 aliphatic carbocycles. The predicted octanol–water partition coefficient (Wildman–Crippen LogP) is 5.29. The van der Waals surface area contributed by atoms with Gasteiger partial charge in [0.25, 0.3) is 0 Å². The van der Waals surface area contributed by atoms with Gasteiger partial charge in [-0.25, -0.2) is 4.79 Å². The Balaban J connectivity index is 2.35. The van der Waals surface area contributed by atoms with E-state index in [2.05, 4.69) is 51.2 Å². The fraction of sp³-hybridized carbons (Fsp3) is 0.667. The molecule has 0 saturated heterocycles. The van der Waals surface area contributed by atoms with Gasteiger partial charge in [0.15, 0.2) is 0 Å². The number of amides is 1. The molecule has 0 radical (unpaired) electrons. The predicted molar refractivity (Wildman–Crippen MR) is 103 cm³/mol. The van der Waals surface area contributed by atoms with Crippen molar-refractivity contribution in [1.29, 1.82) is 0 Å². The second-order valence-corrected chi connectivity index (χ2v) is 9.31. The van der Waals surface area contributed by atoms with Crippen LogP contribution >= 0.6 is 0 Å². The van der Waals surface area contributed by atoms with E-state index in [0.29, 0.717) is 0 Å². The lowest BCUT2D eigenvalue weighted by Crippen LogP contribution is -2.48. The molecule has 0 aliphatic heterocycles. The molecule has 4 heteroatoms. The largest absolute Gasteiger partial charge is 0.465 e. The fourth-order valence-electron chi connectivity index (χ4n) is 3.97. The van der Waals surface area contributed by atoms with Crippen LogP contribution in [-0.2, 0) is 6.42 Å². The van der Waals surface area contributed by atoms with Crippen LogP contribution in [0.4, 0.5) is 4.79 Å². The Bertz CT molecular complexity index is 626. The van der Waals surface area contributed by atoms with Gasteiger partial charge >= 0.3 is 6.09 Å². The van der Waals surface area contributed by atoms with Gasteiger partial charge in [0, 0.05) is 17.1 Å². The van der Waals surface area contributed by atoms with Crippen molar-refractivity contribution in [3.8, 4) is 0 Å². The number of fused-ring (bicyclic) bond motifs is 1. The molecule has 1 unspecified atom stereocenters. The Labute approximate surface area is 152 Å². The number of carboxylic acid groups (broad SMARTS) is 1. The second kappa shape index (κ2) is 6.99. The Morgan fingerprint density at radius 3 is 2.40 bits per heavy atom. The highest BCUT2D eigenvalue weighted by atomic mass is 16.4. The number of hydrogen-bond donors (Lipinski definition) is 2. The Morgan fingerprint density at radius 1 is 1.24 bits per heavy atom. The van der Waals surface area contributed by atoms with Gasteiger partial charge in [-0.1, -0.05) is 18.2 Å². The van der Waals surface area contributed by atoms with Gasteiger partial charge in [-0.3, -0.25) is 4.90 Å². The van der Waals surface area contributed by atoms with Crippen LogP contribution in [0.2, 0.25) is 0 Å². The molecule has 140 valence electrons. The molecular formula is C21H34N2O2. The molecular weight excluding hydrogens is 312 g/mol. The van der Waals surface area contributed by atoms with Crippen LogP contribution in [0.5, 0.6) is 0 Å². The zero-order valence-electron chi connectivity index (χ0n) is 16.8. The number of benzene rings is 1. The lowest BCUT2D eigenvalue weighted by molar-refractivity contribution is 0.0637. The van der Waals surface area contributed by atoms with E-state index in [4.69, 9.17) is 0 Å². The van der Waals surface area contributed by atoms with Crippen molar-refractivity contribution in [3.05, 3.63) is 34.9 Å². The summed E-state index contributed by atoms with van der Waals surface area (Å²) in [6.45, 7) is 14.6. The van der Waals surface area contributed by atoms with Crippen LogP contribution in [0.3, 0.4) is 0 Å². The topological polar surface area (TPSA) is 52.6 Å². The van der Waals surface area contributed by atoms with E-state index in [-0.39, 0.29) is 17.6 Å². The molecule has 0 saturated carbocycles. The zero-order valence-corrected chi connectivity index (χ0v) is 16.8. The van der Waals surface area contributed by atoms with Crippen molar-refractivity contribution >= 4 is 6.09 Å². The summed E-state index contributed by atoms with van der Waals surface area (Å²) in [6.07, 6.45) is 2.12. The third kappa shape index (κ3) is 4.75. The van der Waals surface area contributed by atoms with E-state index in [0.717, 1.165) is 19.3 Å². The molecule has 0 fully saturated rings. The Morgan fingerprint density at radius 2 is 1.88 bits per heavy atom. The molecule has 1 aromatic carbocycles. The number of nitrogens with zero attached hydrogens (tertiary/aromatic N) is 1. The normalized spacial score (nSPS) is 19.2. The van der Waals surface area contributed by atoms with Crippen LogP contribution in [-0.4, -0.2) is 27.2 Å². The summed E-state index contributed by atoms with van der Waals surface area (Å²) >= 11 is 0. The first-order chi connectivity index (χ1) is 11.4. The maximum Gasteiger partial charge on any atom is 0.408 e. The SMILES string of the molecule is CC(NC(C)(C)C)c1ccc2c(c1)CCC[C@H]2N(C(=O)O)C(C)(C)C. The number of rotatable bonds is 3. The molecule has 1 aliphatic rings. The van der Waals surface area contributed by atoms with Crippen LogP contribution in [0.15, 0.2) is 18.2 Å². The fourth-order valence-corrected chi connectivity index (χ4v) is 3.97. The average molecular weight is 347 g/mol. The van der Waals surface area contributed by atoms with Crippen LogP contribution in [0.25, 0.3) is 0 Å². The number of nitrogens with one attached hydrogen (secondary N) is 1. The summed E-state index contributed by atoms with van der Waals surface area (Å²) in [5.41, 5.74) is 3.39. The summed E-state index contributed by atoms with van der Waals surface area (Å²) in [4.78, 5) is 13.5. The van der Waals surface area contributed by atoms with Crippen LogP contribution < -0.4 is 5.32 Å². The van der Waals surface area contributed by atoms with Gasteiger partial charge in [0.05, 0.1) is 6.04 Å². The van der Waals surface area contributed by atoms with Gasteiger partial charge < -0.3 is 10.4 Å². The van der Waals surface area contributed by atoms with Gasteiger partial charge in [-0.15, -0.1) is 0 Å². The minimum absolute atomic E-state index is 0.0545. The van der Waals surface area contributed by atoms with Gasteiger partial charge in [-0.2, -0.15) is 0 Å². The molecule has 4 nitrogen and oxygen atoms in total. The molecule has 1 aromatic rings. The molecule has 0 spiro atoms. The Kier molecular flexibility index (Phi) is 5.53. The number of aryl methyl sites for hydroxylation is 1. The van der Waals surface area contributed by atoms with Crippen molar-refractivity contribution in [2.75, 3.05) is 0 Å². The van der Waals surface area contributed by atoms with E-state index >= 15 is 0 Å². The Hall–Kier alpha value is -1.55. The maximum atomic E-state index is 11.9. The first-order valence-corrected chi connectivity index (χ1v) is 9.33. The van der Waals surface area contributed by atoms with Gasteiger partial charge in [0.2, 0.25) is 0 Å². The molecule has 0 heterocycles. The highest BCUT2D eigenvalue weighted by molar-refractivity contribution is 5.67. The smallest absolute Gasteiger partial charge is 0.408 e. The molecule has 25 heavy (non-hydrogen) atoms. The molecule has 0 bridgehead atoms. The van der Waals surface area contributed by atoms with E-state index < -0.39 is 11.6 Å². The van der Waals surface area contributed by atoms with E-state index in [9.17, 15) is 9.90 Å². The highest BCUT2D eigenvalue weighted by Crippen LogP contribution is 2.39. The van der Waals surface area contributed by atoms with E-state index in [1.807, 2.05) is 20.8 Å². The average Bonchev–Trinajstić information content (AvgIpc) is 2.43. The van der Waals surface area contributed by atoms with Crippen molar-refractivity contribution in [3.63, 3.8) is 0 Å². The summed E-state index contributed by atoms with van der Waals surface area (Å²) in [6, 6.07) is 6.79. The summed E-state index contributed by atoms with van der Waals surface area (Å²) in [5.74, 6) is 0. The summed E-state index contributed by atoms with van der Waals surface area (Å²) in [5, 5.41) is 13.4. The number of carbonyl (C=O) groups is 1. The third-order valence-electron chi connectivity index (χ3n) is 4.84. The van der Waals surface area contributed by atoms with Gasteiger partial charge in [-0.05, 0) is 84.4 Å². The first kappa shape index (κ1) is 19.8. The first-order valence-electron chi connectivity index (χ1n) is 9.33. The van der Waals surface area contributed by atoms with Crippen molar-refractivity contribution in [2.45, 2.75) is 90.9 Å². The van der Waals surface area contributed by atoms with Crippen LogP contribution in [0.1, 0.15) is 90.1 Å². The standard InChI is InChI=1S/C21H34N2O2/c1-14(22-20(2,3)4)15-11-12-17-16(13-15)9-8-10-18(17)23(19(24)25)21(5,6)7/h11-14,18,22H,8-10H2,1-7H3,(H,24,25)/t14?,18-/m1/s1. The second-order valence-electron chi connectivity index (χ2n) is 9.31. The number of hydrogen-bond acceptors (Lipinski definition) is 2. The molecule has 0 aromatic heterocycles.